The van der Waals surface area contributed by atoms with Gasteiger partial charge in [-0.1, -0.05) is 18.2 Å². The average molecular weight is 426 g/mol. The lowest BCUT2D eigenvalue weighted by Gasteiger charge is -2.24. The minimum atomic E-state index is -0.510. The van der Waals surface area contributed by atoms with Crippen molar-refractivity contribution in [2.75, 3.05) is 11.9 Å². The summed E-state index contributed by atoms with van der Waals surface area (Å²) in [6.07, 6.45) is 2.97. The maximum Gasteiger partial charge on any atom is 0.254 e. The Morgan fingerprint density at radius 3 is 2.72 bits per heavy atom. The number of carbonyl (C=O) groups is 2. The van der Waals surface area contributed by atoms with Crippen LogP contribution in [0.2, 0.25) is 0 Å². The van der Waals surface area contributed by atoms with E-state index in [2.05, 4.69) is 10.3 Å². The van der Waals surface area contributed by atoms with Crippen LogP contribution in [-0.2, 0) is 4.79 Å². The van der Waals surface area contributed by atoms with Crippen molar-refractivity contribution in [2.45, 2.75) is 25.8 Å². The number of nitrogens with zero attached hydrogens (tertiary/aromatic N) is 3. The smallest absolute Gasteiger partial charge is 0.254 e. The molecule has 7 heteroatoms. The third-order valence-electron chi connectivity index (χ3n) is 5.40. The molecule has 0 saturated carbocycles. The van der Waals surface area contributed by atoms with Crippen LogP contribution in [0.4, 0.5) is 5.69 Å². The zero-order valence-corrected chi connectivity index (χ0v) is 17.6. The highest BCUT2D eigenvalue weighted by Gasteiger charge is 2.34. The summed E-state index contributed by atoms with van der Waals surface area (Å²) >= 11 is 0. The predicted octanol–water partition coefficient (Wildman–Crippen LogP) is 4.30. The Kier molecular flexibility index (Phi) is 6.13. The van der Waals surface area contributed by atoms with E-state index in [1.54, 1.807) is 53.6 Å². The highest BCUT2D eigenvalue weighted by atomic mass is 16.5. The number of hydrogen-bond donors (Lipinski definition) is 1. The molecule has 1 atom stereocenters. The number of rotatable bonds is 5. The van der Waals surface area contributed by atoms with Crippen LogP contribution < -0.4 is 10.1 Å². The summed E-state index contributed by atoms with van der Waals surface area (Å²) in [5.74, 6) is 0.400. The molecular formula is C25H22N4O3. The van der Waals surface area contributed by atoms with Gasteiger partial charge in [0, 0.05) is 24.0 Å². The second kappa shape index (κ2) is 9.31. The van der Waals surface area contributed by atoms with Gasteiger partial charge in [0.2, 0.25) is 11.8 Å². The lowest BCUT2D eigenvalue weighted by Crippen LogP contribution is -2.43. The van der Waals surface area contributed by atoms with Gasteiger partial charge >= 0.3 is 0 Å². The maximum absolute atomic E-state index is 13.0. The maximum atomic E-state index is 13.0. The fourth-order valence-electron chi connectivity index (χ4n) is 3.75. The number of aromatic nitrogens is 1. The standard InChI is InChI=1S/C25H22N4O3/c1-17-15-20(32-24-19(16-26)9-5-13-27-24)11-12-21(17)28-23(30)22-10-6-14-29(22)25(31)18-7-3-2-4-8-18/h2-5,7-9,11-13,15,22H,6,10,14H2,1H3,(H,28,30). The molecule has 0 radical (unpaired) electrons. The Balaban J connectivity index is 1.46. The molecule has 160 valence electrons. The van der Waals surface area contributed by atoms with E-state index >= 15 is 0 Å². The molecule has 2 heterocycles. The van der Waals surface area contributed by atoms with Gasteiger partial charge in [-0.25, -0.2) is 4.98 Å². The van der Waals surface area contributed by atoms with E-state index in [1.165, 1.54) is 0 Å². The monoisotopic (exact) mass is 426 g/mol. The van der Waals surface area contributed by atoms with Crippen LogP contribution in [0.15, 0.2) is 66.9 Å². The molecule has 32 heavy (non-hydrogen) atoms. The average Bonchev–Trinajstić information content (AvgIpc) is 3.31. The number of anilines is 1. The topological polar surface area (TPSA) is 95.3 Å². The molecular weight excluding hydrogens is 404 g/mol. The van der Waals surface area contributed by atoms with Crippen molar-refractivity contribution in [3.8, 4) is 17.7 Å². The molecule has 7 nitrogen and oxygen atoms in total. The minimum Gasteiger partial charge on any atom is -0.438 e. The molecule has 3 aromatic rings. The number of carbonyl (C=O) groups excluding carboxylic acids is 2. The highest BCUT2D eigenvalue weighted by molar-refractivity contribution is 6.01. The van der Waals surface area contributed by atoms with Crippen LogP contribution in [0, 0.1) is 18.3 Å². The van der Waals surface area contributed by atoms with Crippen LogP contribution >= 0.6 is 0 Å². The van der Waals surface area contributed by atoms with Crippen molar-refractivity contribution in [1.29, 1.82) is 5.26 Å². The fourth-order valence-corrected chi connectivity index (χ4v) is 3.75. The number of nitrogens with one attached hydrogen (secondary N) is 1. The summed E-state index contributed by atoms with van der Waals surface area (Å²) in [5.41, 5.74) is 2.36. The van der Waals surface area contributed by atoms with Gasteiger partial charge in [-0.3, -0.25) is 9.59 Å². The number of nitriles is 1. The van der Waals surface area contributed by atoms with Crippen LogP contribution in [0.1, 0.15) is 34.3 Å². The number of hydrogen-bond acceptors (Lipinski definition) is 5. The first-order chi connectivity index (χ1) is 15.6. The summed E-state index contributed by atoms with van der Waals surface area (Å²) in [6.45, 7) is 2.41. The number of pyridine rings is 1. The molecule has 1 saturated heterocycles. The Hall–Kier alpha value is -4.18. The summed E-state index contributed by atoms with van der Waals surface area (Å²) < 4.78 is 5.74. The van der Waals surface area contributed by atoms with E-state index in [-0.39, 0.29) is 17.7 Å². The molecule has 0 aliphatic carbocycles. The van der Waals surface area contributed by atoms with Crippen molar-refractivity contribution in [3.05, 3.63) is 83.6 Å². The van der Waals surface area contributed by atoms with Crippen molar-refractivity contribution >= 4 is 17.5 Å². The van der Waals surface area contributed by atoms with Gasteiger partial charge in [0.25, 0.3) is 5.91 Å². The third kappa shape index (κ3) is 4.44. The molecule has 1 aliphatic heterocycles. The lowest BCUT2D eigenvalue weighted by atomic mass is 10.1. The quantitative estimate of drug-likeness (QED) is 0.656. The number of aryl methyl sites for hydroxylation is 1. The van der Waals surface area contributed by atoms with Gasteiger partial charge in [0.1, 0.15) is 23.4 Å². The summed E-state index contributed by atoms with van der Waals surface area (Å²) in [4.78, 5) is 31.6. The van der Waals surface area contributed by atoms with Crippen LogP contribution in [-0.4, -0.2) is 34.3 Å². The van der Waals surface area contributed by atoms with E-state index in [0.29, 0.717) is 35.5 Å². The van der Waals surface area contributed by atoms with Gasteiger partial charge in [-0.05, 0) is 67.8 Å². The lowest BCUT2D eigenvalue weighted by molar-refractivity contribution is -0.119. The second-order valence-corrected chi connectivity index (χ2v) is 7.56. The van der Waals surface area contributed by atoms with E-state index in [4.69, 9.17) is 4.74 Å². The van der Waals surface area contributed by atoms with E-state index in [0.717, 1.165) is 12.0 Å². The molecule has 4 rings (SSSR count). The van der Waals surface area contributed by atoms with Gasteiger partial charge in [-0.15, -0.1) is 0 Å². The number of ether oxygens (including phenoxy) is 1. The van der Waals surface area contributed by atoms with Crippen molar-refractivity contribution in [3.63, 3.8) is 0 Å². The van der Waals surface area contributed by atoms with E-state index in [9.17, 15) is 14.9 Å². The Bertz CT molecular complexity index is 1190. The summed E-state index contributed by atoms with van der Waals surface area (Å²) in [7, 11) is 0. The molecule has 2 amide bonds. The molecule has 0 spiro atoms. The number of likely N-dealkylation sites (tertiary alicyclic amines) is 1. The SMILES string of the molecule is Cc1cc(Oc2ncccc2C#N)ccc1NC(=O)C1CCCN1C(=O)c1ccccc1. The Morgan fingerprint density at radius 2 is 1.97 bits per heavy atom. The highest BCUT2D eigenvalue weighted by Crippen LogP contribution is 2.28. The number of benzene rings is 2. The third-order valence-corrected chi connectivity index (χ3v) is 5.40. The van der Waals surface area contributed by atoms with Crippen LogP contribution in [0.5, 0.6) is 11.6 Å². The predicted molar refractivity (Wildman–Crippen MR) is 119 cm³/mol. The minimum absolute atomic E-state index is 0.132. The number of amides is 2. The molecule has 1 N–H and O–H groups in total. The molecule has 1 unspecified atom stereocenters. The molecule has 1 aliphatic rings. The molecule has 1 fully saturated rings. The summed E-state index contributed by atoms with van der Waals surface area (Å²) in [6, 6.07) is 19.1. The normalized spacial score (nSPS) is 15.1. The van der Waals surface area contributed by atoms with Gasteiger partial charge < -0.3 is 15.0 Å². The van der Waals surface area contributed by atoms with Crippen molar-refractivity contribution in [1.82, 2.24) is 9.88 Å². The zero-order chi connectivity index (χ0) is 22.5. The molecule has 0 bridgehead atoms. The van der Waals surface area contributed by atoms with Gasteiger partial charge in [0.05, 0.1) is 0 Å². The zero-order valence-electron chi connectivity index (χ0n) is 17.6. The first kappa shape index (κ1) is 21.1. The Morgan fingerprint density at radius 1 is 1.16 bits per heavy atom. The van der Waals surface area contributed by atoms with E-state index < -0.39 is 6.04 Å². The first-order valence-electron chi connectivity index (χ1n) is 10.4. The Labute approximate surface area is 186 Å². The first-order valence-corrected chi connectivity index (χ1v) is 10.4. The fraction of sp³-hybridized carbons (Fsp3) is 0.200. The molecule has 1 aromatic heterocycles. The van der Waals surface area contributed by atoms with Crippen LogP contribution in [0.25, 0.3) is 0 Å². The van der Waals surface area contributed by atoms with Gasteiger partial charge in [-0.2, -0.15) is 5.26 Å². The van der Waals surface area contributed by atoms with Crippen molar-refractivity contribution in [2.24, 2.45) is 0 Å². The van der Waals surface area contributed by atoms with Crippen molar-refractivity contribution < 1.29 is 14.3 Å². The summed E-state index contributed by atoms with van der Waals surface area (Å²) in [5, 5.41) is 12.1. The van der Waals surface area contributed by atoms with Crippen LogP contribution in [0.3, 0.4) is 0 Å². The second-order valence-electron chi connectivity index (χ2n) is 7.56. The van der Waals surface area contributed by atoms with E-state index in [1.807, 2.05) is 31.2 Å². The largest absolute Gasteiger partial charge is 0.438 e. The molecule has 2 aromatic carbocycles. The van der Waals surface area contributed by atoms with Gasteiger partial charge in [0.15, 0.2) is 0 Å².